The van der Waals surface area contributed by atoms with Crippen molar-refractivity contribution in [1.82, 2.24) is 4.90 Å². The number of carbonyl (C=O) groups excluding carboxylic acids is 1. The highest BCUT2D eigenvalue weighted by atomic mass is 16.4. The molecule has 0 radical (unpaired) electrons. The highest BCUT2D eigenvalue weighted by Crippen LogP contribution is 2.24. The second-order valence-corrected chi connectivity index (χ2v) is 4.10. The van der Waals surface area contributed by atoms with Gasteiger partial charge in [-0.15, -0.1) is 0 Å². The third kappa shape index (κ3) is 2.28. The minimum Gasteiger partial charge on any atom is -0.480 e. The highest BCUT2D eigenvalue weighted by molar-refractivity contribution is 5.87. The number of carboxylic acid groups (broad SMARTS) is 1. The molecular weight excluding hydrogens is 196 g/mol. The fourth-order valence-corrected chi connectivity index (χ4v) is 1.96. The van der Waals surface area contributed by atoms with E-state index in [1.165, 1.54) is 4.90 Å². The van der Waals surface area contributed by atoms with E-state index < -0.39 is 18.1 Å². The Morgan fingerprint density at radius 3 is 2.67 bits per heavy atom. The van der Waals surface area contributed by atoms with Crippen LogP contribution >= 0.6 is 0 Å². The maximum atomic E-state index is 11.8. The number of hydrogen-bond donors (Lipinski definition) is 2. The Bertz CT molecular complexity index is 267. The molecule has 1 rings (SSSR count). The average Bonchev–Trinajstić information content (AvgIpc) is 2.57. The van der Waals surface area contributed by atoms with Crippen molar-refractivity contribution >= 4 is 11.9 Å². The molecule has 1 fully saturated rings. The SMILES string of the molecule is CCC(N)C(=O)N1CCC(C)C1C(=O)O. The summed E-state index contributed by atoms with van der Waals surface area (Å²) in [5.74, 6) is -1.17. The predicted molar refractivity (Wildman–Crippen MR) is 55.2 cm³/mol. The van der Waals surface area contributed by atoms with Gasteiger partial charge in [-0.3, -0.25) is 4.79 Å². The van der Waals surface area contributed by atoms with E-state index in [9.17, 15) is 9.59 Å². The fourth-order valence-electron chi connectivity index (χ4n) is 1.96. The normalized spacial score (nSPS) is 27.8. The van der Waals surface area contributed by atoms with Gasteiger partial charge in [-0.2, -0.15) is 0 Å². The molecule has 1 aliphatic heterocycles. The van der Waals surface area contributed by atoms with Crippen molar-refractivity contribution in [3.63, 3.8) is 0 Å². The molecule has 1 saturated heterocycles. The first kappa shape index (κ1) is 12.0. The number of aliphatic carboxylic acids is 1. The molecule has 3 atom stereocenters. The van der Waals surface area contributed by atoms with Crippen molar-refractivity contribution in [2.45, 2.75) is 38.8 Å². The van der Waals surface area contributed by atoms with Gasteiger partial charge in [0.1, 0.15) is 6.04 Å². The van der Waals surface area contributed by atoms with Gasteiger partial charge in [0.05, 0.1) is 6.04 Å². The summed E-state index contributed by atoms with van der Waals surface area (Å²) >= 11 is 0. The summed E-state index contributed by atoms with van der Waals surface area (Å²) < 4.78 is 0. The highest BCUT2D eigenvalue weighted by Gasteiger charge is 2.40. The molecule has 15 heavy (non-hydrogen) atoms. The first-order valence-corrected chi connectivity index (χ1v) is 5.27. The standard InChI is InChI=1S/C10H18N2O3/c1-3-7(11)9(13)12-5-4-6(2)8(12)10(14)15/h6-8H,3-5,11H2,1-2H3,(H,14,15). The second-order valence-electron chi connectivity index (χ2n) is 4.10. The van der Waals surface area contributed by atoms with Gasteiger partial charge in [-0.1, -0.05) is 13.8 Å². The molecule has 1 aliphatic rings. The van der Waals surface area contributed by atoms with Crippen LogP contribution in [-0.2, 0) is 9.59 Å². The minimum atomic E-state index is -0.934. The Balaban J connectivity index is 2.77. The fraction of sp³-hybridized carbons (Fsp3) is 0.800. The quantitative estimate of drug-likeness (QED) is 0.695. The predicted octanol–water partition coefficient (Wildman–Crippen LogP) is 0.0453. The van der Waals surface area contributed by atoms with Gasteiger partial charge >= 0.3 is 5.97 Å². The second kappa shape index (κ2) is 4.61. The zero-order valence-corrected chi connectivity index (χ0v) is 9.14. The third-order valence-electron chi connectivity index (χ3n) is 2.99. The molecular formula is C10H18N2O3. The third-order valence-corrected chi connectivity index (χ3v) is 2.99. The molecule has 0 aromatic carbocycles. The molecule has 1 amide bonds. The number of likely N-dealkylation sites (tertiary alicyclic amines) is 1. The summed E-state index contributed by atoms with van der Waals surface area (Å²) in [5.41, 5.74) is 5.62. The summed E-state index contributed by atoms with van der Waals surface area (Å²) in [5, 5.41) is 9.02. The maximum Gasteiger partial charge on any atom is 0.326 e. The molecule has 0 bridgehead atoms. The van der Waals surface area contributed by atoms with Crippen molar-refractivity contribution < 1.29 is 14.7 Å². The number of nitrogens with two attached hydrogens (primary N) is 1. The van der Waals surface area contributed by atoms with Gasteiger partial charge < -0.3 is 15.7 Å². The van der Waals surface area contributed by atoms with Crippen LogP contribution in [0.1, 0.15) is 26.7 Å². The molecule has 1 heterocycles. The van der Waals surface area contributed by atoms with E-state index >= 15 is 0 Å². The lowest BCUT2D eigenvalue weighted by Crippen LogP contribution is -2.49. The van der Waals surface area contributed by atoms with Crippen molar-refractivity contribution in [2.75, 3.05) is 6.54 Å². The van der Waals surface area contributed by atoms with E-state index in [-0.39, 0.29) is 11.8 Å². The molecule has 0 aliphatic carbocycles. The number of hydrogen-bond acceptors (Lipinski definition) is 3. The summed E-state index contributed by atoms with van der Waals surface area (Å²) in [6.07, 6.45) is 1.27. The summed E-state index contributed by atoms with van der Waals surface area (Å²) in [7, 11) is 0. The van der Waals surface area contributed by atoms with Crippen LogP contribution < -0.4 is 5.73 Å². The molecule has 0 saturated carbocycles. The van der Waals surface area contributed by atoms with Crippen molar-refractivity contribution in [1.29, 1.82) is 0 Å². The molecule has 0 aromatic heterocycles. The van der Waals surface area contributed by atoms with Crippen LogP contribution in [0.2, 0.25) is 0 Å². The average molecular weight is 214 g/mol. The van der Waals surface area contributed by atoms with E-state index in [2.05, 4.69) is 0 Å². The Morgan fingerprint density at radius 2 is 2.20 bits per heavy atom. The van der Waals surface area contributed by atoms with Crippen LogP contribution in [0.25, 0.3) is 0 Å². The summed E-state index contributed by atoms with van der Waals surface area (Å²) in [4.78, 5) is 24.2. The zero-order valence-electron chi connectivity index (χ0n) is 9.14. The Kier molecular flexibility index (Phi) is 3.68. The van der Waals surface area contributed by atoms with E-state index in [1.807, 2.05) is 13.8 Å². The smallest absolute Gasteiger partial charge is 0.326 e. The lowest BCUT2D eigenvalue weighted by Gasteiger charge is -2.25. The van der Waals surface area contributed by atoms with Crippen LogP contribution in [0.5, 0.6) is 0 Å². The van der Waals surface area contributed by atoms with Crippen LogP contribution in [-0.4, -0.2) is 40.5 Å². The van der Waals surface area contributed by atoms with Gasteiger partial charge in [-0.25, -0.2) is 4.79 Å². The number of carboxylic acids is 1. The number of carbonyl (C=O) groups is 2. The molecule has 5 heteroatoms. The van der Waals surface area contributed by atoms with E-state index in [4.69, 9.17) is 10.8 Å². The Morgan fingerprint density at radius 1 is 1.60 bits per heavy atom. The Labute approximate surface area is 89.2 Å². The van der Waals surface area contributed by atoms with E-state index in [0.29, 0.717) is 13.0 Å². The molecule has 3 unspecified atom stereocenters. The topological polar surface area (TPSA) is 83.6 Å². The number of nitrogens with zero attached hydrogens (tertiary/aromatic N) is 1. The van der Waals surface area contributed by atoms with Crippen LogP contribution in [0.3, 0.4) is 0 Å². The van der Waals surface area contributed by atoms with Gasteiger partial charge in [0.2, 0.25) is 5.91 Å². The molecule has 86 valence electrons. The summed E-state index contributed by atoms with van der Waals surface area (Å²) in [6, 6.07) is -1.27. The molecule has 5 nitrogen and oxygen atoms in total. The van der Waals surface area contributed by atoms with Gasteiger partial charge in [0.15, 0.2) is 0 Å². The maximum absolute atomic E-state index is 11.8. The van der Waals surface area contributed by atoms with Crippen LogP contribution in [0.4, 0.5) is 0 Å². The van der Waals surface area contributed by atoms with Gasteiger partial charge in [0, 0.05) is 6.54 Å². The van der Waals surface area contributed by atoms with Gasteiger partial charge in [0.25, 0.3) is 0 Å². The van der Waals surface area contributed by atoms with E-state index in [0.717, 1.165) is 6.42 Å². The lowest BCUT2D eigenvalue weighted by molar-refractivity contribution is -0.149. The largest absolute Gasteiger partial charge is 0.480 e. The molecule has 3 N–H and O–H groups in total. The van der Waals surface area contributed by atoms with Gasteiger partial charge in [-0.05, 0) is 18.8 Å². The first-order chi connectivity index (χ1) is 6.99. The number of amides is 1. The zero-order chi connectivity index (χ0) is 11.6. The lowest BCUT2D eigenvalue weighted by atomic mass is 10.0. The van der Waals surface area contributed by atoms with Crippen molar-refractivity contribution in [3.05, 3.63) is 0 Å². The van der Waals surface area contributed by atoms with E-state index in [1.54, 1.807) is 0 Å². The first-order valence-electron chi connectivity index (χ1n) is 5.27. The minimum absolute atomic E-state index is 0.00973. The number of rotatable bonds is 3. The Hall–Kier alpha value is -1.10. The summed E-state index contributed by atoms with van der Waals surface area (Å²) in [6.45, 7) is 4.17. The van der Waals surface area contributed by atoms with Crippen LogP contribution in [0, 0.1) is 5.92 Å². The molecule has 0 spiro atoms. The molecule has 0 aromatic rings. The monoisotopic (exact) mass is 214 g/mol. The van der Waals surface area contributed by atoms with Crippen molar-refractivity contribution in [3.8, 4) is 0 Å². The van der Waals surface area contributed by atoms with Crippen LogP contribution in [0.15, 0.2) is 0 Å². The van der Waals surface area contributed by atoms with Crippen molar-refractivity contribution in [2.24, 2.45) is 11.7 Å².